The normalized spacial score (nSPS) is 22.6. The molecule has 0 aromatic heterocycles. The molecule has 6 heteroatoms. The summed E-state index contributed by atoms with van der Waals surface area (Å²) in [5.41, 5.74) is 0. The van der Waals surface area contributed by atoms with Gasteiger partial charge in [-0.3, -0.25) is 0 Å². The molecule has 1 aliphatic heterocycles. The SMILES string of the molecule is CCN(CC)CC(C)NS(=O)(=O)CC1CCCN1. The fourth-order valence-electron chi connectivity index (χ4n) is 2.42. The summed E-state index contributed by atoms with van der Waals surface area (Å²) < 4.78 is 26.7. The zero-order valence-electron chi connectivity index (χ0n) is 11.8. The fraction of sp³-hybridized carbons (Fsp3) is 1.00. The molecule has 1 saturated heterocycles. The van der Waals surface area contributed by atoms with Crippen LogP contribution in [0, 0.1) is 0 Å². The molecule has 108 valence electrons. The van der Waals surface area contributed by atoms with Crippen molar-refractivity contribution < 1.29 is 8.42 Å². The van der Waals surface area contributed by atoms with Crippen LogP contribution in [0.3, 0.4) is 0 Å². The molecule has 2 N–H and O–H groups in total. The topological polar surface area (TPSA) is 61.4 Å². The van der Waals surface area contributed by atoms with E-state index in [4.69, 9.17) is 0 Å². The minimum atomic E-state index is -3.17. The van der Waals surface area contributed by atoms with Crippen LogP contribution in [-0.4, -0.2) is 57.3 Å². The van der Waals surface area contributed by atoms with Crippen LogP contribution in [0.4, 0.5) is 0 Å². The van der Waals surface area contributed by atoms with Crippen LogP contribution in [-0.2, 0) is 10.0 Å². The Morgan fingerprint density at radius 2 is 2.06 bits per heavy atom. The largest absolute Gasteiger partial charge is 0.313 e. The maximum absolute atomic E-state index is 12.0. The summed E-state index contributed by atoms with van der Waals surface area (Å²) in [6.45, 7) is 9.72. The van der Waals surface area contributed by atoms with Gasteiger partial charge in [0.2, 0.25) is 10.0 Å². The molecular formula is C12H27N3O2S. The number of nitrogens with zero attached hydrogens (tertiary/aromatic N) is 1. The van der Waals surface area contributed by atoms with E-state index in [-0.39, 0.29) is 17.8 Å². The smallest absolute Gasteiger partial charge is 0.213 e. The third-order valence-corrected chi connectivity index (χ3v) is 4.99. The number of likely N-dealkylation sites (N-methyl/N-ethyl adjacent to an activating group) is 1. The average molecular weight is 277 g/mol. The molecule has 0 bridgehead atoms. The third-order valence-electron chi connectivity index (χ3n) is 3.39. The molecule has 0 saturated carbocycles. The third kappa shape index (κ3) is 5.65. The van der Waals surface area contributed by atoms with Crippen molar-refractivity contribution in [3.8, 4) is 0 Å². The molecule has 1 aliphatic rings. The highest BCUT2D eigenvalue weighted by Crippen LogP contribution is 2.07. The summed E-state index contributed by atoms with van der Waals surface area (Å²) in [7, 11) is -3.17. The van der Waals surface area contributed by atoms with Crippen LogP contribution in [0.2, 0.25) is 0 Å². The van der Waals surface area contributed by atoms with Crippen molar-refractivity contribution in [2.75, 3.05) is 31.9 Å². The van der Waals surface area contributed by atoms with E-state index in [0.29, 0.717) is 0 Å². The first-order valence-electron chi connectivity index (χ1n) is 6.92. The van der Waals surface area contributed by atoms with Gasteiger partial charge in [0.1, 0.15) is 0 Å². The average Bonchev–Trinajstić information content (AvgIpc) is 2.76. The zero-order chi connectivity index (χ0) is 13.6. The van der Waals surface area contributed by atoms with Crippen LogP contribution in [0.5, 0.6) is 0 Å². The van der Waals surface area contributed by atoms with E-state index in [1.807, 2.05) is 6.92 Å². The number of nitrogens with one attached hydrogen (secondary N) is 2. The molecule has 0 spiro atoms. The highest BCUT2D eigenvalue weighted by atomic mass is 32.2. The molecule has 1 heterocycles. The van der Waals surface area contributed by atoms with Crippen molar-refractivity contribution >= 4 is 10.0 Å². The molecule has 2 atom stereocenters. The van der Waals surface area contributed by atoms with Gasteiger partial charge in [-0.1, -0.05) is 13.8 Å². The number of hydrogen-bond donors (Lipinski definition) is 2. The second kappa shape index (κ2) is 7.43. The van der Waals surface area contributed by atoms with Crippen molar-refractivity contribution in [1.82, 2.24) is 14.9 Å². The van der Waals surface area contributed by atoms with Crippen LogP contribution in [0.1, 0.15) is 33.6 Å². The monoisotopic (exact) mass is 277 g/mol. The zero-order valence-corrected chi connectivity index (χ0v) is 12.6. The Hall–Kier alpha value is -0.170. The second-order valence-corrected chi connectivity index (χ2v) is 6.88. The van der Waals surface area contributed by atoms with Gasteiger partial charge in [-0.2, -0.15) is 0 Å². The summed E-state index contributed by atoms with van der Waals surface area (Å²) in [5, 5.41) is 3.22. The molecule has 18 heavy (non-hydrogen) atoms. The Morgan fingerprint density at radius 3 is 2.56 bits per heavy atom. The van der Waals surface area contributed by atoms with Gasteiger partial charge in [0.15, 0.2) is 0 Å². The first-order chi connectivity index (χ1) is 8.46. The predicted molar refractivity (Wildman–Crippen MR) is 75.2 cm³/mol. The Balaban J connectivity index is 2.38. The Morgan fingerprint density at radius 1 is 1.39 bits per heavy atom. The maximum atomic E-state index is 12.0. The van der Waals surface area contributed by atoms with E-state index in [0.717, 1.165) is 39.0 Å². The summed E-state index contributed by atoms with van der Waals surface area (Å²) in [6, 6.07) is 0.0967. The van der Waals surface area contributed by atoms with Gasteiger partial charge >= 0.3 is 0 Å². The van der Waals surface area contributed by atoms with Gasteiger partial charge in [-0.05, 0) is 39.4 Å². The van der Waals surface area contributed by atoms with Crippen molar-refractivity contribution in [3.05, 3.63) is 0 Å². The Kier molecular flexibility index (Phi) is 6.55. The van der Waals surface area contributed by atoms with E-state index in [1.54, 1.807) is 0 Å². The minimum absolute atomic E-state index is 0.0312. The van der Waals surface area contributed by atoms with Gasteiger partial charge < -0.3 is 10.2 Å². The van der Waals surface area contributed by atoms with E-state index >= 15 is 0 Å². The lowest BCUT2D eigenvalue weighted by Crippen LogP contribution is -2.45. The fourth-order valence-corrected chi connectivity index (χ4v) is 4.02. The minimum Gasteiger partial charge on any atom is -0.313 e. The van der Waals surface area contributed by atoms with Crippen LogP contribution in [0.15, 0.2) is 0 Å². The number of hydrogen-bond acceptors (Lipinski definition) is 4. The molecule has 0 radical (unpaired) electrons. The molecule has 0 amide bonds. The van der Waals surface area contributed by atoms with Crippen LogP contribution < -0.4 is 10.0 Å². The van der Waals surface area contributed by atoms with E-state index in [2.05, 4.69) is 28.8 Å². The predicted octanol–water partition coefficient (Wildman–Crippen LogP) is 0.388. The van der Waals surface area contributed by atoms with E-state index < -0.39 is 10.0 Å². The standard InChI is InChI=1S/C12H27N3O2S/c1-4-15(5-2)9-11(3)14-18(16,17)10-12-7-6-8-13-12/h11-14H,4-10H2,1-3H3. The summed E-state index contributed by atoms with van der Waals surface area (Å²) >= 11 is 0. The van der Waals surface area contributed by atoms with Crippen LogP contribution >= 0.6 is 0 Å². The lowest BCUT2D eigenvalue weighted by atomic mass is 10.3. The van der Waals surface area contributed by atoms with Gasteiger partial charge in [-0.15, -0.1) is 0 Å². The highest BCUT2D eigenvalue weighted by Gasteiger charge is 2.23. The van der Waals surface area contributed by atoms with Gasteiger partial charge in [0.25, 0.3) is 0 Å². The summed E-state index contributed by atoms with van der Waals surface area (Å²) in [4.78, 5) is 2.22. The first kappa shape index (κ1) is 15.9. The molecule has 1 rings (SSSR count). The van der Waals surface area contributed by atoms with Crippen LogP contribution in [0.25, 0.3) is 0 Å². The maximum Gasteiger partial charge on any atom is 0.213 e. The lowest BCUT2D eigenvalue weighted by Gasteiger charge is -2.23. The van der Waals surface area contributed by atoms with E-state index in [1.165, 1.54) is 0 Å². The first-order valence-corrected chi connectivity index (χ1v) is 8.57. The molecular weight excluding hydrogens is 250 g/mol. The Bertz CT molecular complexity index is 322. The lowest BCUT2D eigenvalue weighted by molar-refractivity contribution is 0.282. The Labute approximate surface area is 111 Å². The summed E-state index contributed by atoms with van der Waals surface area (Å²) in [5.74, 6) is 0.204. The van der Waals surface area contributed by atoms with Gasteiger partial charge in [-0.25, -0.2) is 13.1 Å². The number of rotatable bonds is 8. The van der Waals surface area contributed by atoms with Crippen molar-refractivity contribution in [1.29, 1.82) is 0 Å². The molecule has 0 aromatic carbocycles. The summed E-state index contributed by atoms with van der Waals surface area (Å²) in [6.07, 6.45) is 2.04. The molecule has 5 nitrogen and oxygen atoms in total. The molecule has 0 aliphatic carbocycles. The van der Waals surface area contributed by atoms with Gasteiger partial charge in [0, 0.05) is 18.6 Å². The molecule has 1 fully saturated rings. The molecule has 0 aromatic rings. The van der Waals surface area contributed by atoms with Crippen molar-refractivity contribution in [2.24, 2.45) is 0 Å². The quantitative estimate of drug-likeness (QED) is 0.674. The van der Waals surface area contributed by atoms with Crippen molar-refractivity contribution in [2.45, 2.75) is 45.7 Å². The van der Waals surface area contributed by atoms with Gasteiger partial charge in [0.05, 0.1) is 5.75 Å². The van der Waals surface area contributed by atoms with E-state index in [9.17, 15) is 8.42 Å². The molecule has 2 unspecified atom stereocenters. The highest BCUT2D eigenvalue weighted by molar-refractivity contribution is 7.89. The number of sulfonamides is 1. The van der Waals surface area contributed by atoms with Crippen molar-refractivity contribution in [3.63, 3.8) is 0 Å². The second-order valence-electron chi connectivity index (χ2n) is 5.08.